The van der Waals surface area contributed by atoms with Crippen LogP contribution in [0.5, 0.6) is 0 Å². The van der Waals surface area contributed by atoms with Crippen LogP contribution in [0.1, 0.15) is 47.7 Å². The number of amides is 1. The predicted molar refractivity (Wildman–Crippen MR) is 149 cm³/mol. The number of fused-ring (bicyclic) bond motifs is 2. The van der Waals surface area contributed by atoms with Crippen molar-refractivity contribution in [3.05, 3.63) is 74.9 Å². The second-order valence-electron chi connectivity index (χ2n) is 8.94. The molecule has 0 saturated heterocycles. The molecular formula is C28H27N3O4S2. The maximum atomic E-state index is 13.0. The number of anilines is 1. The zero-order valence-electron chi connectivity index (χ0n) is 20.5. The molecule has 9 heteroatoms. The zero-order chi connectivity index (χ0) is 25.8. The van der Waals surface area contributed by atoms with Crippen molar-refractivity contribution in [2.24, 2.45) is 0 Å². The normalized spacial score (nSPS) is 12.8. The highest BCUT2D eigenvalue weighted by Gasteiger charge is 2.16. The number of carbonyl (C=O) groups is 2. The average molecular weight is 534 g/mol. The van der Waals surface area contributed by atoms with Crippen LogP contribution < -0.4 is 10.9 Å². The number of hydrogen-bond acceptors (Lipinski definition) is 7. The highest BCUT2D eigenvalue weighted by molar-refractivity contribution is 7.99. The molecule has 5 rings (SSSR count). The van der Waals surface area contributed by atoms with E-state index >= 15 is 0 Å². The highest BCUT2D eigenvalue weighted by Crippen LogP contribution is 2.34. The quantitative estimate of drug-likeness (QED) is 0.168. The lowest BCUT2D eigenvalue weighted by molar-refractivity contribution is -0.113. The van der Waals surface area contributed by atoms with Crippen molar-refractivity contribution in [1.29, 1.82) is 0 Å². The summed E-state index contributed by atoms with van der Waals surface area (Å²) in [6.45, 7) is 2.30. The number of hydrogen-bond donors (Lipinski definition) is 2. The number of benzene rings is 2. The first-order valence-corrected chi connectivity index (χ1v) is 14.2. The van der Waals surface area contributed by atoms with Crippen LogP contribution in [0.3, 0.4) is 0 Å². The van der Waals surface area contributed by atoms with Gasteiger partial charge in [0.1, 0.15) is 4.83 Å². The molecule has 0 radical (unpaired) electrons. The molecule has 2 aromatic heterocycles. The van der Waals surface area contributed by atoms with E-state index < -0.39 is 0 Å². The average Bonchev–Trinajstić information content (AvgIpc) is 3.35. The number of nitrogens with one attached hydrogen (secondary N) is 2. The third-order valence-corrected chi connectivity index (χ3v) is 8.01. The van der Waals surface area contributed by atoms with Crippen molar-refractivity contribution in [2.75, 3.05) is 17.7 Å². The summed E-state index contributed by atoms with van der Waals surface area (Å²) < 4.78 is 5.11. The van der Waals surface area contributed by atoms with E-state index in [1.54, 1.807) is 24.3 Å². The molecule has 190 valence electrons. The SMILES string of the molecule is CCCOC(=O)c1ccc(NC(=O)CSc2nc3scc(-c4ccc5c(c4)CCCC5)c3c(=O)[nH]2)cc1. The van der Waals surface area contributed by atoms with Crippen molar-refractivity contribution in [1.82, 2.24) is 9.97 Å². The van der Waals surface area contributed by atoms with E-state index in [0.29, 0.717) is 33.2 Å². The number of thioether (sulfide) groups is 1. The van der Waals surface area contributed by atoms with Crippen molar-refractivity contribution >= 4 is 50.9 Å². The smallest absolute Gasteiger partial charge is 0.338 e. The lowest BCUT2D eigenvalue weighted by Crippen LogP contribution is -2.15. The van der Waals surface area contributed by atoms with Gasteiger partial charge in [0.2, 0.25) is 5.91 Å². The van der Waals surface area contributed by atoms with Gasteiger partial charge in [0.05, 0.1) is 23.3 Å². The number of thiophene rings is 1. The number of nitrogens with zero attached hydrogens (tertiary/aromatic N) is 1. The standard InChI is InChI=1S/C28H27N3O4S2/c1-2-13-35-27(34)18-9-11-21(12-10-18)29-23(32)16-37-28-30-25(33)24-22(15-36-26(24)31-28)20-8-7-17-5-3-4-6-19(17)14-20/h7-12,14-15H,2-6,13,16H2,1H3,(H,29,32)(H,30,31,33). The summed E-state index contributed by atoms with van der Waals surface area (Å²) in [7, 11) is 0. The summed E-state index contributed by atoms with van der Waals surface area (Å²) >= 11 is 2.61. The Kier molecular flexibility index (Phi) is 7.71. The van der Waals surface area contributed by atoms with Gasteiger partial charge in [-0.25, -0.2) is 9.78 Å². The Balaban J connectivity index is 1.24. The largest absolute Gasteiger partial charge is 0.462 e. The molecule has 0 aliphatic heterocycles. The van der Waals surface area contributed by atoms with Crippen LogP contribution in [-0.2, 0) is 22.4 Å². The summed E-state index contributed by atoms with van der Waals surface area (Å²) in [5.41, 5.74) is 5.53. The van der Waals surface area contributed by atoms with Gasteiger partial charge in [-0.1, -0.05) is 36.9 Å². The van der Waals surface area contributed by atoms with Crippen LogP contribution in [0, 0.1) is 0 Å². The molecule has 0 spiro atoms. The van der Waals surface area contributed by atoms with E-state index in [4.69, 9.17) is 4.74 Å². The van der Waals surface area contributed by atoms with E-state index in [-0.39, 0.29) is 23.2 Å². The maximum absolute atomic E-state index is 13.0. The second-order valence-corrected chi connectivity index (χ2v) is 10.8. The summed E-state index contributed by atoms with van der Waals surface area (Å²) in [6, 6.07) is 13.0. The van der Waals surface area contributed by atoms with Gasteiger partial charge in [0.15, 0.2) is 5.16 Å². The molecule has 7 nitrogen and oxygen atoms in total. The summed E-state index contributed by atoms with van der Waals surface area (Å²) in [4.78, 5) is 45.5. The van der Waals surface area contributed by atoms with Crippen LogP contribution in [0.15, 0.2) is 57.8 Å². The van der Waals surface area contributed by atoms with Gasteiger partial charge in [-0.15, -0.1) is 11.3 Å². The molecule has 2 N–H and O–H groups in total. The van der Waals surface area contributed by atoms with Crippen molar-refractivity contribution < 1.29 is 14.3 Å². The minimum atomic E-state index is -0.385. The number of esters is 1. The minimum Gasteiger partial charge on any atom is -0.462 e. The van der Waals surface area contributed by atoms with E-state index in [0.717, 1.165) is 30.4 Å². The Morgan fingerprint density at radius 1 is 1.11 bits per heavy atom. The summed E-state index contributed by atoms with van der Waals surface area (Å²) in [6.07, 6.45) is 5.40. The molecule has 2 heterocycles. The van der Waals surface area contributed by atoms with Crippen LogP contribution in [0.4, 0.5) is 5.69 Å². The van der Waals surface area contributed by atoms with Gasteiger partial charge in [-0.3, -0.25) is 9.59 Å². The van der Waals surface area contributed by atoms with Crippen LogP contribution in [0.2, 0.25) is 0 Å². The van der Waals surface area contributed by atoms with E-state index in [2.05, 4.69) is 33.5 Å². The van der Waals surface area contributed by atoms with Gasteiger partial charge in [-0.2, -0.15) is 0 Å². The van der Waals surface area contributed by atoms with Crippen molar-refractivity contribution in [3.8, 4) is 11.1 Å². The molecule has 4 aromatic rings. The fourth-order valence-corrected chi connectivity index (χ4v) is 6.08. The fourth-order valence-electron chi connectivity index (χ4n) is 4.41. The molecular weight excluding hydrogens is 506 g/mol. The van der Waals surface area contributed by atoms with Crippen LogP contribution >= 0.6 is 23.1 Å². The van der Waals surface area contributed by atoms with E-state index in [1.165, 1.54) is 47.1 Å². The first kappa shape index (κ1) is 25.2. The number of aryl methyl sites for hydroxylation is 2. The lowest BCUT2D eigenvalue weighted by Gasteiger charge is -2.16. The molecule has 0 bridgehead atoms. The van der Waals surface area contributed by atoms with Gasteiger partial charge in [0.25, 0.3) is 5.56 Å². The Hall–Kier alpha value is -3.43. The summed E-state index contributed by atoms with van der Waals surface area (Å²) in [5.74, 6) is -0.545. The molecule has 2 aromatic carbocycles. The topological polar surface area (TPSA) is 101 Å². The Bertz CT molecular complexity index is 1510. The third kappa shape index (κ3) is 5.78. The molecule has 1 aliphatic carbocycles. The first-order chi connectivity index (χ1) is 18.0. The number of carbonyl (C=O) groups excluding carboxylic acids is 2. The molecule has 1 amide bonds. The monoisotopic (exact) mass is 533 g/mol. The number of ether oxygens (including phenoxy) is 1. The third-order valence-electron chi connectivity index (χ3n) is 6.26. The molecule has 0 unspecified atom stereocenters. The van der Waals surface area contributed by atoms with Crippen LogP contribution in [-0.4, -0.2) is 34.2 Å². The first-order valence-electron chi connectivity index (χ1n) is 12.4. The molecule has 0 fully saturated rings. The minimum absolute atomic E-state index is 0.0811. The summed E-state index contributed by atoms with van der Waals surface area (Å²) in [5, 5.41) is 5.77. The highest BCUT2D eigenvalue weighted by atomic mass is 32.2. The van der Waals surface area contributed by atoms with Crippen molar-refractivity contribution in [3.63, 3.8) is 0 Å². The van der Waals surface area contributed by atoms with Crippen molar-refractivity contribution in [2.45, 2.75) is 44.2 Å². The zero-order valence-corrected chi connectivity index (χ0v) is 22.1. The predicted octanol–water partition coefficient (Wildman–Crippen LogP) is 5.83. The Morgan fingerprint density at radius 3 is 2.68 bits per heavy atom. The number of H-pyrrole nitrogens is 1. The Morgan fingerprint density at radius 2 is 1.89 bits per heavy atom. The second kappa shape index (κ2) is 11.3. The number of aromatic nitrogens is 2. The van der Waals surface area contributed by atoms with Gasteiger partial charge in [0, 0.05) is 16.6 Å². The number of aromatic amines is 1. The van der Waals surface area contributed by atoms with Gasteiger partial charge < -0.3 is 15.0 Å². The number of rotatable bonds is 8. The van der Waals surface area contributed by atoms with E-state index in [1.807, 2.05) is 12.3 Å². The van der Waals surface area contributed by atoms with Gasteiger partial charge >= 0.3 is 5.97 Å². The molecule has 0 saturated carbocycles. The Labute approximate surface area is 222 Å². The molecule has 1 aliphatic rings. The van der Waals surface area contributed by atoms with Gasteiger partial charge in [-0.05, 0) is 73.1 Å². The molecule has 37 heavy (non-hydrogen) atoms. The van der Waals surface area contributed by atoms with E-state index in [9.17, 15) is 14.4 Å². The fraction of sp³-hybridized carbons (Fsp3) is 0.286. The molecule has 0 atom stereocenters. The maximum Gasteiger partial charge on any atom is 0.338 e. The lowest BCUT2D eigenvalue weighted by atomic mass is 9.89. The van der Waals surface area contributed by atoms with Crippen LogP contribution in [0.25, 0.3) is 21.3 Å².